The normalized spacial score (nSPS) is 25.9. The highest BCUT2D eigenvalue weighted by Crippen LogP contribution is 2.50. The summed E-state index contributed by atoms with van der Waals surface area (Å²) >= 11 is 0. The molecule has 0 aromatic heterocycles. The molecule has 1 aliphatic rings. The molecular weight excluding hydrogens is 215 g/mol. The number of rotatable bonds is 3. The van der Waals surface area contributed by atoms with E-state index >= 15 is 0 Å². The van der Waals surface area contributed by atoms with Gasteiger partial charge < -0.3 is 9.05 Å². The fourth-order valence-corrected chi connectivity index (χ4v) is 2.78. The molecule has 1 fully saturated rings. The lowest BCUT2D eigenvalue weighted by atomic mass is 9.86. The van der Waals surface area contributed by atoms with Gasteiger partial charge in [-0.1, -0.05) is 12.5 Å². The van der Waals surface area contributed by atoms with Gasteiger partial charge in [-0.3, -0.25) is 9.36 Å². The Hall–Kier alpha value is -0.440. The first-order chi connectivity index (χ1) is 7.02. The minimum absolute atomic E-state index is 0.155. The second kappa shape index (κ2) is 5.06. The maximum Gasteiger partial charge on any atom is 0.353 e. The van der Waals surface area contributed by atoms with Crippen molar-refractivity contribution >= 4 is 13.4 Å². The molecule has 1 rings (SSSR count). The topological polar surface area (TPSA) is 52.6 Å². The predicted octanol–water partition coefficient (Wildman–Crippen LogP) is 2.75. The van der Waals surface area contributed by atoms with Crippen LogP contribution in [-0.2, 0) is 18.4 Å². The molecule has 1 atom stereocenters. The van der Waals surface area contributed by atoms with Crippen LogP contribution in [0, 0.1) is 5.92 Å². The number of ketones is 1. The zero-order valence-corrected chi connectivity index (χ0v) is 10.3. The molecule has 0 aliphatic heterocycles. The lowest BCUT2D eigenvalue weighted by Gasteiger charge is -2.21. The van der Waals surface area contributed by atoms with Gasteiger partial charge in [0.25, 0.3) is 0 Å². The minimum atomic E-state index is -3.13. The van der Waals surface area contributed by atoms with Crippen molar-refractivity contribution in [2.24, 2.45) is 5.92 Å². The Balaban J connectivity index is 2.90. The van der Waals surface area contributed by atoms with Crippen LogP contribution >= 0.6 is 7.60 Å². The summed E-state index contributed by atoms with van der Waals surface area (Å²) < 4.78 is 21.5. The quantitative estimate of drug-likeness (QED) is 0.702. The Bertz CT molecular complexity index is 313. The van der Waals surface area contributed by atoms with E-state index in [1.165, 1.54) is 20.0 Å². The van der Waals surface area contributed by atoms with Gasteiger partial charge in [0.05, 0.1) is 0 Å². The highest BCUT2D eigenvalue weighted by Gasteiger charge is 2.27. The maximum absolute atomic E-state index is 11.8. The van der Waals surface area contributed by atoms with Crippen molar-refractivity contribution in [1.82, 2.24) is 0 Å². The maximum atomic E-state index is 11.8. The third kappa shape index (κ3) is 3.00. The van der Waals surface area contributed by atoms with E-state index in [0.29, 0.717) is 6.42 Å². The van der Waals surface area contributed by atoms with E-state index in [9.17, 15) is 9.36 Å². The minimum Gasteiger partial charge on any atom is -0.309 e. The van der Waals surface area contributed by atoms with Gasteiger partial charge in [0, 0.05) is 32.4 Å². The van der Waals surface area contributed by atoms with Gasteiger partial charge in [-0.15, -0.1) is 0 Å². The molecule has 1 unspecified atom stereocenters. The van der Waals surface area contributed by atoms with Crippen LogP contribution in [0.5, 0.6) is 0 Å². The summed E-state index contributed by atoms with van der Waals surface area (Å²) in [7, 11) is -0.440. The molecular formula is C10H17O4P. The molecule has 4 nitrogen and oxygen atoms in total. The largest absolute Gasteiger partial charge is 0.353 e. The molecule has 1 aliphatic carbocycles. The highest BCUT2D eigenvalue weighted by molar-refractivity contribution is 7.57. The summed E-state index contributed by atoms with van der Waals surface area (Å²) in [6.07, 6.45) is 2.23. The third-order valence-electron chi connectivity index (χ3n) is 2.76. The van der Waals surface area contributed by atoms with Crippen LogP contribution < -0.4 is 0 Å². The fourth-order valence-electron chi connectivity index (χ4n) is 1.67. The Morgan fingerprint density at radius 3 is 2.47 bits per heavy atom. The van der Waals surface area contributed by atoms with Gasteiger partial charge >= 0.3 is 7.60 Å². The summed E-state index contributed by atoms with van der Waals surface area (Å²) in [5.41, 5.74) is 0.873. The zero-order valence-electron chi connectivity index (χ0n) is 9.36. The summed E-state index contributed by atoms with van der Waals surface area (Å²) in [5.74, 6) is 1.54. The number of allylic oxidation sites excluding steroid dienone is 1. The van der Waals surface area contributed by atoms with Crippen molar-refractivity contribution < 1.29 is 18.4 Å². The molecule has 15 heavy (non-hydrogen) atoms. The van der Waals surface area contributed by atoms with Crippen molar-refractivity contribution in [2.75, 3.05) is 14.2 Å². The van der Waals surface area contributed by atoms with Crippen LogP contribution in [0.1, 0.15) is 26.2 Å². The summed E-state index contributed by atoms with van der Waals surface area (Å²) in [4.78, 5) is 11.5. The average Bonchev–Trinajstić information content (AvgIpc) is 2.25. The van der Waals surface area contributed by atoms with Gasteiger partial charge in [0.15, 0.2) is 0 Å². The van der Waals surface area contributed by atoms with Crippen molar-refractivity contribution in [3.63, 3.8) is 0 Å². The van der Waals surface area contributed by atoms with Gasteiger partial charge in [-0.05, 0) is 12.8 Å². The summed E-state index contributed by atoms with van der Waals surface area (Å²) in [5, 5.41) is 0. The van der Waals surface area contributed by atoms with Gasteiger partial charge in [0.2, 0.25) is 0 Å². The molecule has 5 heteroatoms. The predicted molar refractivity (Wildman–Crippen MR) is 57.7 cm³/mol. The van der Waals surface area contributed by atoms with E-state index in [-0.39, 0.29) is 11.7 Å². The lowest BCUT2D eigenvalue weighted by Crippen LogP contribution is -2.18. The molecule has 86 valence electrons. The second-order valence-electron chi connectivity index (χ2n) is 3.65. The number of Topliss-reactive ketones (excluding diaryl/α,β-unsaturated/α-hetero) is 1. The SMILES string of the molecule is COP(=O)(/C=C1/CCCC(=O)C1C)OC. The average molecular weight is 232 g/mol. The van der Waals surface area contributed by atoms with Crippen LogP contribution in [0.4, 0.5) is 0 Å². The van der Waals surface area contributed by atoms with Gasteiger partial charge in [-0.2, -0.15) is 0 Å². The van der Waals surface area contributed by atoms with Gasteiger partial charge in [0.1, 0.15) is 5.78 Å². The monoisotopic (exact) mass is 232 g/mol. The molecule has 0 aromatic carbocycles. The summed E-state index contributed by atoms with van der Waals surface area (Å²) in [6, 6.07) is 0. The number of carbonyl (C=O) groups excluding carboxylic acids is 1. The first-order valence-electron chi connectivity index (χ1n) is 4.98. The first-order valence-corrected chi connectivity index (χ1v) is 6.59. The molecule has 0 heterocycles. The Labute approximate surface area is 90.2 Å². The molecule has 0 aromatic rings. The molecule has 0 radical (unpaired) electrons. The highest BCUT2D eigenvalue weighted by atomic mass is 31.2. The van der Waals surface area contributed by atoms with E-state index in [1.807, 2.05) is 6.92 Å². The van der Waals surface area contributed by atoms with E-state index in [1.54, 1.807) is 0 Å². The van der Waals surface area contributed by atoms with E-state index < -0.39 is 7.60 Å². The van der Waals surface area contributed by atoms with Crippen LogP contribution in [0.2, 0.25) is 0 Å². The van der Waals surface area contributed by atoms with Crippen molar-refractivity contribution in [1.29, 1.82) is 0 Å². The molecule has 0 bridgehead atoms. The first kappa shape index (κ1) is 12.6. The smallest absolute Gasteiger partial charge is 0.309 e. The summed E-state index contributed by atoms with van der Waals surface area (Å²) in [6.45, 7) is 1.84. The number of carbonyl (C=O) groups is 1. The van der Waals surface area contributed by atoms with Crippen molar-refractivity contribution in [3.05, 3.63) is 11.4 Å². The van der Waals surface area contributed by atoms with Crippen LogP contribution in [-0.4, -0.2) is 20.0 Å². The standard InChI is InChI=1S/C10H17O4P/c1-8-9(5-4-6-10(8)11)7-15(12,13-2)14-3/h7-8H,4-6H2,1-3H3/b9-7-. The second-order valence-corrected chi connectivity index (χ2v) is 5.72. The van der Waals surface area contributed by atoms with Crippen LogP contribution in [0.3, 0.4) is 0 Å². The van der Waals surface area contributed by atoms with E-state index in [0.717, 1.165) is 18.4 Å². The Kier molecular flexibility index (Phi) is 4.26. The molecule has 0 spiro atoms. The molecule has 1 saturated carbocycles. The lowest BCUT2D eigenvalue weighted by molar-refractivity contribution is -0.122. The van der Waals surface area contributed by atoms with Crippen molar-refractivity contribution in [2.45, 2.75) is 26.2 Å². The van der Waals surface area contributed by atoms with Gasteiger partial charge in [-0.25, -0.2) is 0 Å². The zero-order chi connectivity index (χ0) is 11.5. The Morgan fingerprint density at radius 1 is 1.33 bits per heavy atom. The molecule has 0 N–H and O–H groups in total. The fraction of sp³-hybridized carbons (Fsp3) is 0.700. The Morgan fingerprint density at radius 2 is 1.93 bits per heavy atom. The van der Waals surface area contributed by atoms with E-state index in [2.05, 4.69) is 0 Å². The van der Waals surface area contributed by atoms with Crippen LogP contribution in [0.15, 0.2) is 11.4 Å². The third-order valence-corrected chi connectivity index (χ3v) is 4.43. The molecule has 0 saturated heterocycles. The van der Waals surface area contributed by atoms with E-state index in [4.69, 9.17) is 9.05 Å². The van der Waals surface area contributed by atoms with Crippen LogP contribution in [0.25, 0.3) is 0 Å². The van der Waals surface area contributed by atoms with Crippen molar-refractivity contribution in [3.8, 4) is 0 Å². The number of hydrogen-bond acceptors (Lipinski definition) is 4. The number of hydrogen-bond donors (Lipinski definition) is 0. The molecule has 0 amide bonds.